The molecule has 3 rings (SSSR count). The van der Waals surface area contributed by atoms with Crippen LogP contribution in [-0.4, -0.2) is 37.9 Å². The highest BCUT2D eigenvalue weighted by Gasteiger charge is 2.29. The summed E-state index contributed by atoms with van der Waals surface area (Å²) in [7, 11) is 1.48. The fourth-order valence-corrected chi connectivity index (χ4v) is 2.89. The summed E-state index contributed by atoms with van der Waals surface area (Å²) in [6.45, 7) is 0.751. The van der Waals surface area contributed by atoms with Gasteiger partial charge in [-0.25, -0.2) is 0 Å². The Kier molecular flexibility index (Phi) is 6.72. The molecule has 0 spiro atoms. The number of nitrogens with one attached hydrogen (secondary N) is 3. The molecule has 152 valence electrons. The van der Waals surface area contributed by atoms with E-state index < -0.39 is 0 Å². The number of anilines is 1. The Morgan fingerprint density at radius 3 is 2.34 bits per heavy atom. The van der Waals surface area contributed by atoms with Crippen LogP contribution in [0.4, 0.5) is 5.69 Å². The second-order valence-corrected chi connectivity index (χ2v) is 7.13. The van der Waals surface area contributed by atoms with Crippen LogP contribution in [0.25, 0.3) is 0 Å². The van der Waals surface area contributed by atoms with E-state index in [2.05, 4.69) is 16.0 Å². The molecule has 2 aromatic carbocycles. The van der Waals surface area contributed by atoms with Gasteiger partial charge in [-0.05, 0) is 55.3 Å². The van der Waals surface area contributed by atoms with Gasteiger partial charge in [-0.3, -0.25) is 14.4 Å². The number of amides is 3. The third kappa shape index (κ3) is 5.71. The molecule has 0 unspecified atom stereocenters. The van der Waals surface area contributed by atoms with E-state index in [1.807, 2.05) is 0 Å². The van der Waals surface area contributed by atoms with Crippen molar-refractivity contribution in [3.63, 3.8) is 0 Å². The first-order valence-corrected chi connectivity index (χ1v) is 9.66. The molecule has 29 heavy (non-hydrogen) atoms. The van der Waals surface area contributed by atoms with E-state index in [0.717, 1.165) is 12.8 Å². The number of carbonyl (C=O) groups is 3. The Labute approximate surface area is 173 Å². The van der Waals surface area contributed by atoms with Gasteiger partial charge in [0.2, 0.25) is 5.91 Å². The van der Waals surface area contributed by atoms with Crippen molar-refractivity contribution in [3.8, 4) is 5.75 Å². The van der Waals surface area contributed by atoms with Gasteiger partial charge in [0.1, 0.15) is 5.75 Å². The first-order chi connectivity index (χ1) is 14.0. The third-order valence-electron chi connectivity index (χ3n) is 4.47. The number of ether oxygens (including phenoxy) is 1. The summed E-state index contributed by atoms with van der Waals surface area (Å²) in [5.41, 5.74) is 1.30. The topological polar surface area (TPSA) is 96.5 Å². The smallest absolute Gasteiger partial charge is 0.259 e. The van der Waals surface area contributed by atoms with Crippen LogP contribution in [0, 0.1) is 5.92 Å². The van der Waals surface area contributed by atoms with Gasteiger partial charge in [-0.15, -0.1) is 0 Å². The van der Waals surface area contributed by atoms with Crippen LogP contribution in [0.2, 0.25) is 5.02 Å². The Morgan fingerprint density at radius 1 is 1.00 bits per heavy atom. The van der Waals surface area contributed by atoms with Crippen LogP contribution in [-0.2, 0) is 4.79 Å². The van der Waals surface area contributed by atoms with Gasteiger partial charge in [0.25, 0.3) is 11.8 Å². The van der Waals surface area contributed by atoms with Crippen LogP contribution in [0.15, 0.2) is 42.5 Å². The zero-order valence-electron chi connectivity index (χ0n) is 16.0. The maximum atomic E-state index is 12.5. The molecule has 0 saturated heterocycles. The van der Waals surface area contributed by atoms with Gasteiger partial charge in [-0.2, -0.15) is 0 Å². The molecule has 1 fully saturated rings. The van der Waals surface area contributed by atoms with Gasteiger partial charge in [0, 0.05) is 35.3 Å². The molecule has 2 aromatic rings. The average molecular weight is 416 g/mol. The van der Waals surface area contributed by atoms with E-state index in [0.29, 0.717) is 40.7 Å². The maximum absolute atomic E-state index is 12.5. The minimum atomic E-state index is -0.368. The fourth-order valence-electron chi connectivity index (χ4n) is 2.71. The second kappa shape index (κ2) is 9.43. The third-order valence-corrected chi connectivity index (χ3v) is 4.70. The Bertz CT molecular complexity index is 911. The van der Waals surface area contributed by atoms with Crippen molar-refractivity contribution in [2.75, 3.05) is 25.5 Å². The van der Waals surface area contributed by atoms with Crippen LogP contribution < -0.4 is 20.7 Å². The van der Waals surface area contributed by atoms with Crippen LogP contribution in [0.3, 0.4) is 0 Å². The predicted octanol–water partition coefficient (Wildman–Crippen LogP) is 2.86. The number of carbonyl (C=O) groups excluding carboxylic acids is 3. The van der Waals surface area contributed by atoms with Crippen molar-refractivity contribution in [2.24, 2.45) is 5.92 Å². The standard InChI is InChI=1S/C21H22ClN3O4/c1-29-18-9-6-15(22)12-17(18)21(28)25-16-7-4-14(5-8-16)20(27)24-11-10-23-19(26)13-2-3-13/h4-9,12-13H,2-3,10-11H2,1H3,(H,23,26)(H,24,27)(H,25,28). The van der Waals surface area contributed by atoms with E-state index in [9.17, 15) is 14.4 Å². The number of benzene rings is 2. The summed E-state index contributed by atoms with van der Waals surface area (Å²) in [5.74, 6) is 0.000650. The lowest BCUT2D eigenvalue weighted by atomic mass is 10.1. The predicted molar refractivity (Wildman–Crippen MR) is 110 cm³/mol. The van der Waals surface area contributed by atoms with Crippen LogP contribution in [0.5, 0.6) is 5.75 Å². The fraction of sp³-hybridized carbons (Fsp3) is 0.286. The number of hydrogen-bond donors (Lipinski definition) is 3. The number of rotatable bonds is 8. The average Bonchev–Trinajstić information content (AvgIpc) is 3.57. The Balaban J connectivity index is 1.51. The summed E-state index contributed by atoms with van der Waals surface area (Å²) < 4.78 is 5.19. The highest BCUT2D eigenvalue weighted by molar-refractivity contribution is 6.31. The summed E-state index contributed by atoms with van der Waals surface area (Å²) in [6, 6.07) is 11.3. The molecule has 0 bridgehead atoms. The van der Waals surface area contributed by atoms with E-state index in [1.54, 1.807) is 36.4 Å². The SMILES string of the molecule is COc1ccc(Cl)cc1C(=O)Nc1ccc(C(=O)NCCNC(=O)C2CC2)cc1. The first kappa shape index (κ1) is 20.7. The summed E-state index contributed by atoms with van der Waals surface area (Å²) in [5, 5.41) is 8.72. The van der Waals surface area contributed by atoms with Gasteiger partial charge in [-0.1, -0.05) is 11.6 Å². The summed E-state index contributed by atoms with van der Waals surface area (Å²) >= 11 is 5.96. The Morgan fingerprint density at radius 2 is 1.69 bits per heavy atom. The molecule has 0 aliphatic heterocycles. The van der Waals surface area contributed by atoms with Crippen LogP contribution >= 0.6 is 11.6 Å². The molecule has 8 heteroatoms. The number of halogens is 1. The lowest BCUT2D eigenvalue weighted by molar-refractivity contribution is -0.122. The first-order valence-electron chi connectivity index (χ1n) is 9.29. The van der Waals surface area contributed by atoms with Crippen molar-refractivity contribution < 1.29 is 19.1 Å². The van der Waals surface area contributed by atoms with Crippen molar-refractivity contribution in [3.05, 3.63) is 58.6 Å². The van der Waals surface area contributed by atoms with E-state index in [1.165, 1.54) is 13.2 Å². The Hall–Kier alpha value is -3.06. The monoisotopic (exact) mass is 415 g/mol. The molecule has 7 nitrogen and oxygen atoms in total. The highest BCUT2D eigenvalue weighted by atomic mass is 35.5. The zero-order chi connectivity index (χ0) is 20.8. The maximum Gasteiger partial charge on any atom is 0.259 e. The normalized spacial score (nSPS) is 12.8. The molecular formula is C21H22ClN3O4. The quantitative estimate of drug-likeness (QED) is 0.577. The molecule has 1 saturated carbocycles. The lowest BCUT2D eigenvalue weighted by Crippen LogP contribution is -2.35. The van der Waals surface area contributed by atoms with Crippen molar-refractivity contribution >= 4 is 35.0 Å². The summed E-state index contributed by atoms with van der Waals surface area (Å²) in [4.78, 5) is 36.2. The van der Waals surface area contributed by atoms with Crippen molar-refractivity contribution in [1.82, 2.24) is 10.6 Å². The van der Waals surface area contributed by atoms with Gasteiger partial charge >= 0.3 is 0 Å². The van der Waals surface area contributed by atoms with E-state index in [4.69, 9.17) is 16.3 Å². The lowest BCUT2D eigenvalue weighted by Gasteiger charge is -2.10. The minimum absolute atomic E-state index is 0.0516. The number of hydrogen-bond acceptors (Lipinski definition) is 4. The zero-order valence-corrected chi connectivity index (χ0v) is 16.7. The molecule has 0 radical (unpaired) electrons. The molecule has 1 aliphatic rings. The van der Waals surface area contributed by atoms with E-state index in [-0.39, 0.29) is 23.6 Å². The minimum Gasteiger partial charge on any atom is -0.496 e. The molecule has 3 amide bonds. The molecule has 0 atom stereocenters. The van der Waals surface area contributed by atoms with Gasteiger partial charge < -0.3 is 20.7 Å². The highest BCUT2D eigenvalue weighted by Crippen LogP contribution is 2.28. The van der Waals surface area contributed by atoms with Gasteiger partial charge in [0.15, 0.2) is 0 Å². The van der Waals surface area contributed by atoms with Crippen LogP contribution in [0.1, 0.15) is 33.6 Å². The summed E-state index contributed by atoms with van der Waals surface area (Å²) in [6.07, 6.45) is 1.90. The van der Waals surface area contributed by atoms with Gasteiger partial charge in [0.05, 0.1) is 12.7 Å². The number of methoxy groups -OCH3 is 1. The molecule has 0 aromatic heterocycles. The molecule has 1 aliphatic carbocycles. The van der Waals surface area contributed by atoms with E-state index >= 15 is 0 Å². The molecule has 3 N–H and O–H groups in total. The molecular weight excluding hydrogens is 394 g/mol. The second-order valence-electron chi connectivity index (χ2n) is 6.70. The van der Waals surface area contributed by atoms with Crippen molar-refractivity contribution in [1.29, 1.82) is 0 Å². The van der Waals surface area contributed by atoms with Crippen molar-refractivity contribution in [2.45, 2.75) is 12.8 Å². The largest absolute Gasteiger partial charge is 0.496 e. The molecule has 0 heterocycles.